The Kier molecular flexibility index (Phi) is 4.20. The fraction of sp³-hybridized carbons (Fsp3) is 0.188. The Morgan fingerprint density at radius 2 is 2.13 bits per heavy atom. The molecular weight excluding hydrogens is 314 g/mol. The summed E-state index contributed by atoms with van der Waals surface area (Å²) < 4.78 is 5.47. The molecule has 0 aliphatic rings. The van der Waals surface area contributed by atoms with Crippen molar-refractivity contribution in [3.8, 4) is 5.75 Å². The van der Waals surface area contributed by atoms with Gasteiger partial charge in [-0.15, -0.1) is 11.8 Å². The number of thioether (sulfide) groups is 1. The second-order valence-electron chi connectivity index (χ2n) is 4.94. The maximum Gasteiger partial charge on any atom is 0.325 e. The number of aromatic amines is 2. The summed E-state index contributed by atoms with van der Waals surface area (Å²) >= 11 is 1.57. The molecule has 0 fully saturated rings. The monoisotopic (exact) mass is 329 g/mol. The number of fused-ring (bicyclic) bond motifs is 1. The molecule has 0 aliphatic carbocycles. The quantitative estimate of drug-likeness (QED) is 0.714. The Morgan fingerprint density at radius 1 is 1.30 bits per heavy atom. The lowest BCUT2D eigenvalue weighted by Crippen LogP contribution is -2.24. The van der Waals surface area contributed by atoms with Gasteiger partial charge in [0.15, 0.2) is 0 Å². The van der Waals surface area contributed by atoms with Gasteiger partial charge in [0, 0.05) is 29.8 Å². The fourth-order valence-electron chi connectivity index (χ4n) is 2.53. The summed E-state index contributed by atoms with van der Waals surface area (Å²) in [5.74, 6) is 0.722. The van der Waals surface area contributed by atoms with E-state index in [1.54, 1.807) is 25.1 Å². The molecule has 0 bridgehead atoms. The molecule has 2 N–H and O–H groups in total. The molecule has 7 heteroatoms. The number of hydrogen-bond acceptors (Lipinski definition) is 5. The SMILES string of the molecule is COc1cc(Cc2c[nH]c(=O)[nH]c2=O)c2cccnc2c1SC. The molecule has 1 aromatic carbocycles. The summed E-state index contributed by atoms with van der Waals surface area (Å²) in [4.78, 5) is 33.2. The van der Waals surface area contributed by atoms with Gasteiger partial charge in [-0.2, -0.15) is 0 Å². The van der Waals surface area contributed by atoms with Crippen molar-refractivity contribution in [1.82, 2.24) is 15.0 Å². The third kappa shape index (κ3) is 2.87. The number of methoxy groups -OCH3 is 1. The molecule has 0 radical (unpaired) electrons. The summed E-state index contributed by atoms with van der Waals surface area (Å²) in [6.45, 7) is 0. The number of aromatic nitrogens is 3. The molecule has 0 saturated carbocycles. The molecule has 2 heterocycles. The van der Waals surface area contributed by atoms with E-state index in [-0.39, 0.29) is 0 Å². The Balaban J connectivity index is 2.21. The van der Waals surface area contributed by atoms with Crippen LogP contribution in [0.1, 0.15) is 11.1 Å². The van der Waals surface area contributed by atoms with E-state index < -0.39 is 11.2 Å². The molecule has 0 unspecified atom stereocenters. The van der Waals surface area contributed by atoms with Crippen molar-refractivity contribution in [3.63, 3.8) is 0 Å². The first-order chi connectivity index (χ1) is 11.1. The Morgan fingerprint density at radius 3 is 2.83 bits per heavy atom. The summed E-state index contributed by atoms with van der Waals surface area (Å²) in [6, 6.07) is 5.75. The predicted molar refractivity (Wildman–Crippen MR) is 90.6 cm³/mol. The molecule has 118 valence electrons. The predicted octanol–water partition coefficient (Wildman–Crippen LogP) is 1.93. The van der Waals surface area contributed by atoms with E-state index in [4.69, 9.17) is 4.74 Å². The van der Waals surface area contributed by atoms with Crippen LogP contribution < -0.4 is 16.0 Å². The second kappa shape index (κ2) is 6.29. The molecule has 3 rings (SSSR count). The van der Waals surface area contributed by atoms with Crippen molar-refractivity contribution in [2.75, 3.05) is 13.4 Å². The van der Waals surface area contributed by atoms with Gasteiger partial charge in [0.25, 0.3) is 5.56 Å². The third-order valence-electron chi connectivity index (χ3n) is 3.60. The molecule has 2 aromatic heterocycles. The number of rotatable bonds is 4. The maximum atomic E-state index is 11.9. The summed E-state index contributed by atoms with van der Waals surface area (Å²) in [5, 5.41) is 0.961. The lowest BCUT2D eigenvalue weighted by Gasteiger charge is -2.13. The van der Waals surface area contributed by atoms with Crippen LogP contribution in [0.3, 0.4) is 0 Å². The van der Waals surface area contributed by atoms with Crippen LogP contribution in [0.2, 0.25) is 0 Å². The van der Waals surface area contributed by atoms with Crippen LogP contribution in [0.4, 0.5) is 0 Å². The van der Waals surface area contributed by atoms with Gasteiger partial charge >= 0.3 is 5.69 Å². The number of pyridine rings is 1. The smallest absolute Gasteiger partial charge is 0.325 e. The maximum absolute atomic E-state index is 11.9. The molecule has 0 saturated heterocycles. The lowest BCUT2D eigenvalue weighted by atomic mass is 10.0. The van der Waals surface area contributed by atoms with Crippen LogP contribution in [-0.2, 0) is 6.42 Å². The average Bonchev–Trinajstić information content (AvgIpc) is 2.56. The molecule has 0 spiro atoms. The average molecular weight is 329 g/mol. The van der Waals surface area contributed by atoms with Crippen LogP contribution in [-0.4, -0.2) is 28.3 Å². The van der Waals surface area contributed by atoms with E-state index in [0.717, 1.165) is 27.1 Å². The highest BCUT2D eigenvalue weighted by atomic mass is 32.2. The first kappa shape index (κ1) is 15.4. The molecule has 0 aliphatic heterocycles. The number of H-pyrrole nitrogens is 2. The molecular formula is C16H15N3O3S. The lowest BCUT2D eigenvalue weighted by molar-refractivity contribution is 0.405. The van der Waals surface area contributed by atoms with E-state index >= 15 is 0 Å². The van der Waals surface area contributed by atoms with Crippen molar-refractivity contribution in [2.45, 2.75) is 11.3 Å². The van der Waals surface area contributed by atoms with Crippen LogP contribution in [0.5, 0.6) is 5.75 Å². The second-order valence-corrected chi connectivity index (χ2v) is 5.76. The highest BCUT2D eigenvalue weighted by molar-refractivity contribution is 7.99. The minimum Gasteiger partial charge on any atom is -0.495 e. The van der Waals surface area contributed by atoms with Gasteiger partial charge in [-0.05, 0) is 24.0 Å². The van der Waals surface area contributed by atoms with Crippen molar-refractivity contribution in [3.05, 3.63) is 62.6 Å². The summed E-state index contributed by atoms with van der Waals surface area (Å²) in [7, 11) is 1.61. The third-order valence-corrected chi connectivity index (χ3v) is 4.40. The van der Waals surface area contributed by atoms with Crippen molar-refractivity contribution in [1.29, 1.82) is 0 Å². The number of benzene rings is 1. The Hall–Kier alpha value is -2.54. The van der Waals surface area contributed by atoms with Gasteiger partial charge in [-0.1, -0.05) is 6.07 Å². The van der Waals surface area contributed by atoms with E-state index in [1.807, 2.05) is 24.5 Å². The first-order valence-corrected chi connectivity index (χ1v) is 8.16. The van der Waals surface area contributed by atoms with Gasteiger partial charge < -0.3 is 9.72 Å². The van der Waals surface area contributed by atoms with Crippen molar-refractivity contribution < 1.29 is 4.74 Å². The number of nitrogens with zero attached hydrogens (tertiary/aromatic N) is 1. The van der Waals surface area contributed by atoms with Gasteiger partial charge in [0.2, 0.25) is 0 Å². The summed E-state index contributed by atoms with van der Waals surface area (Å²) in [5.41, 5.74) is 1.34. The molecule has 3 aromatic rings. The van der Waals surface area contributed by atoms with Crippen LogP contribution >= 0.6 is 11.8 Å². The minimum atomic E-state index is -0.513. The molecule has 23 heavy (non-hydrogen) atoms. The van der Waals surface area contributed by atoms with Gasteiger partial charge in [0.05, 0.1) is 17.5 Å². The van der Waals surface area contributed by atoms with E-state index in [0.29, 0.717) is 12.0 Å². The largest absolute Gasteiger partial charge is 0.495 e. The zero-order valence-corrected chi connectivity index (χ0v) is 13.5. The van der Waals surface area contributed by atoms with Gasteiger partial charge in [0.1, 0.15) is 5.75 Å². The Labute approximate surface area is 135 Å². The van der Waals surface area contributed by atoms with E-state index in [1.165, 1.54) is 6.20 Å². The van der Waals surface area contributed by atoms with Gasteiger partial charge in [-0.25, -0.2) is 4.79 Å². The fourth-order valence-corrected chi connectivity index (χ4v) is 3.23. The standard InChI is InChI=1S/C16H15N3O3S/c1-22-12-7-9(6-10-8-18-16(21)19-15(10)20)11-4-3-5-17-13(11)14(12)23-2/h3-5,7-8H,6H2,1-2H3,(H2,18,19,20,21). The highest BCUT2D eigenvalue weighted by Crippen LogP contribution is 2.36. The Bertz CT molecular complexity index is 978. The number of ether oxygens (including phenoxy) is 1. The van der Waals surface area contributed by atoms with Crippen molar-refractivity contribution in [2.24, 2.45) is 0 Å². The molecule has 6 nitrogen and oxygen atoms in total. The van der Waals surface area contributed by atoms with Crippen LogP contribution in [0, 0.1) is 0 Å². The normalized spacial score (nSPS) is 10.9. The molecule has 0 atom stereocenters. The highest BCUT2D eigenvalue weighted by Gasteiger charge is 2.14. The number of nitrogens with one attached hydrogen (secondary N) is 2. The molecule has 0 amide bonds. The van der Waals surface area contributed by atoms with Crippen LogP contribution in [0.25, 0.3) is 10.9 Å². The minimum absolute atomic E-state index is 0.374. The van der Waals surface area contributed by atoms with Crippen LogP contribution in [0.15, 0.2) is 45.1 Å². The van der Waals surface area contributed by atoms with Gasteiger partial charge in [-0.3, -0.25) is 14.8 Å². The van der Waals surface area contributed by atoms with Crippen molar-refractivity contribution >= 4 is 22.7 Å². The van der Waals surface area contributed by atoms with E-state index in [2.05, 4.69) is 15.0 Å². The zero-order chi connectivity index (χ0) is 16.4. The summed E-state index contributed by atoms with van der Waals surface area (Å²) in [6.07, 6.45) is 5.52. The first-order valence-electron chi connectivity index (χ1n) is 6.93. The number of hydrogen-bond donors (Lipinski definition) is 2. The van der Waals surface area contributed by atoms with E-state index in [9.17, 15) is 9.59 Å². The zero-order valence-electron chi connectivity index (χ0n) is 12.7. The topological polar surface area (TPSA) is 87.8 Å².